The molecule has 16 heavy (non-hydrogen) atoms. The van der Waals surface area contributed by atoms with Crippen LogP contribution >= 0.6 is 0 Å². The molecular formula is C13H16O3. The third kappa shape index (κ3) is 1.90. The highest BCUT2D eigenvalue weighted by molar-refractivity contribution is 5.80. The lowest BCUT2D eigenvalue weighted by atomic mass is 9.98. The second kappa shape index (κ2) is 4.16. The average Bonchev–Trinajstić information content (AvgIpc) is 2.70. The van der Waals surface area contributed by atoms with Gasteiger partial charge in [0.2, 0.25) is 5.78 Å². The fraction of sp³-hybridized carbons (Fsp3) is 0.462. The van der Waals surface area contributed by atoms with Gasteiger partial charge < -0.3 is 9.47 Å². The first-order chi connectivity index (χ1) is 7.61. The molecule has 2 rings (SSSR count). The predicted octanol–water partition coefficient (Wildman–Crippen LogP) is 2.89. The topological polar surface area (TPSA) is 35.5 Å². The van der Waals surface area contributed by atoms with E-state index in [2.05, 4.69) is 13.8 Å². The predicted molar refractivity (Wildman–Crippen MR) is 60.9 cm³/mol. The summed E-state index contributed by atoms with van der Waals surface area (Å²) in [6, 6.07) is 5.87. The Morgan fingerprint density at radius 1 is 1.38 bits per heavy atom. The van der Waals surface area contributed by atoms with Crippen molar-refractivity contribution in [3.05, 3.63) is 23.8 Å². The number of carbonyl (C=O) groups is 1. The highest BCUT2D eigenvalue weighted by Gasteiger charge is 2.28. The minimum Gasteiger partial charge on any atom is -0.444 e. The summed E-state index contributed by atoms with van der Waals surface area (Å²) in [7, 11) is 0. The normalized spacial score (nSPS) is 19.6. The summed E-state index contributed by atoms with van der Waals surface area (Å²) in [5, 5.41) is 0. The van der Waals surface area contributed by atoms with E-state index in [-0.39, 0.29) is 5.78 Å². The Balaban J connectivity index is 2.24. The number of carbonyl (C=O) groups excluding carboxylic acids is 1. The Hall–Kier alpha value is -1.51. The zero-order valence-corrected chi connectivity index (χ0v) is 9.82. The van der Waals surface area contributed by atoms with Gasteiger partial charge in [-0.15, -0.1) is 0 Å². The smallest absolute Gasteiger partial charge is 0.300 e. The van der Waals surface area contributed by atoms with E-state index in [0.29, 0.717) is 17.4 Å². The third-order valence-electron chi connectivity index (χ3n) is 2.95. The Bertz CT molecular complexity index is 412. The van der Waals surface area contributed by atoms with Crippen LogP contribution in [0.1, 0.15) is 38.7 Å². The van der Waals surface area contributed by atoms with Gasteiger partial charge in [0.05, 0.1) is 0 Å². The number of rotatable bonds is 3. The molecular weight excluding hydrogens is 204 g/mol. The first-order valence-electron chi connectivity index (χ1n) is 5.59. The van der Waals surface area contributed by atoms with Crippen molar-refractivity contribution in [2.45, 2.75) is 39.4 Å². The van der Waals surface area contributed by atoms with Crippen LogP contribution in [0.4, 0.5) is 0 Å². The van der Waals surface area contributed by atoms with Crippen molar-refractivity contribution >= 4 is 5.78 Å². The maximum Gasteiger partial charge on any atom is 0.300 e. The molecule has 0 spiro atoms. The lowest BCUT2D eigenvalue weighted by Crippen LogP contribution is -2.26. The van der Waals surface area contributed by atoms with Crippen molar-refractivity contribution in [2.75, 3.05) is 0 Å². The van der Waals surface area contributed by atoms with E-state index in [1.807, 2.05) is 18.2 Å². The molecule has 3 heteroatoms. The summed E-state index contributed by atoms with van der Waals surface area (Å²) >= 11 is 0. The third-order valence-corrected chi connectivity index (χ3v) is 2.95. The molecule has 0 amide bonds. The Labute approximate surface area is 95.4 Å². The zero-order chi connectivity index (χ0) is 11.7. The van der Waals surface area contributed by atoms with Crippen molar-refractivity contribution in [1.82, 2.24) is 0 Å². The van der Waals surface area contributed by atoms with Crippen LogP contribution in [-0.2, 0) is 4.79 Å². The van der Waals surface area contributed by atoms with Gasteiger partial charge in [-0.25, -0.2) is 0 Å². The molecule has 0 saturated carbocycles. The van der Waals surface area contributed by atoms with Crippen LogP contribution in [0.25, 0.3) is 0 Å². The highest BCUT2D eigenvalue weighted by atomic mass is 16.7. The summed E-state index contributed by atoms with van der Waals surface area (Å²) in [6.07, 6.45) is 0.317. The second-order valence-corrected chi connectivity index (χ2v) is 4.19. The van der Waals surface area contributed by atoms with Gasteiger partial charge in [-0.2, -0.15) is 0 Å². The number of hydrogen-bond acceptors (Lipinski definition) is 3. The largest absolute Gasteiger partial charge is 0.444 e. The Morgan fingerprint density at radius 3 is 2.69 bits per heavy atom. The Kier molecular flexibility index (Phi) is 2.86. The van der Waals surface area contributed by atoms with Crippen molar-refractivity contribution in [3.8, 4) is 11.5 Å². The maximum atomic E-state index is 11.1. The molecule has 0 N–H and O–H groups in total. The van der Waals surface area contributed by atoms with E-state index in [0.717, 1.165) is 6.42 Å². The standard InChI is InChI=1S/C13H16O3/c1-4-8(2)10-5-6-11-12(7-10)16-13(15-11)9(3)14/h5-8,13H,4H2,1-3H3. The van der Waals surface area contributed by atoms with Gasteiger partial charge in [0.1, 0.15) is 0 Å². The minimum atomic E-state index is -0.762. The SMILES string of the molecule is CCC(C)c1ccc2c(c1)OC(C(C)=O)O2. The molecule has 2 unspecified atom stereocenters. The van der Waals surface area contributed by atoms with Crippen LogP contribution < -0.4 is 9.47 Å². The molecule has 1 aliphatic heterocycles. The molecule has 1 aromatic rings. The van der Waals surface area contributed by atoms with E-state index in [1.54, 1.807) is 0 Å². The first kappa shape index (κ1) is 11.0. The Morgan fingerprint density at radius 2 is 2.06 bits per heavy atom. The van der Waals surface area contributed by atoms with Gasteiger partial charge >= 0.3 is 6.29 Å². The number of ether oxygens (including phenoxy) is 2. The van der Waals surface area contributed by atoms with Gasteiger partial charge in [0.25, 0.3) is 0 Å². The molecule has 0 bridgehead atoms. The van der Waals surface area contributed by atoms with Crippen molar-refractivity contribution in [3.63, 3.8) is 0 Å². The van der Waals surface area contributed by atoms with Gasteiger partial charge in [0.15, 0.2) is 11.5 Å². The molecule has 3 nitrogen and oxygen atoms in total. The quantitative estimate of drug-likeness (QED) is 0.785. The number of benzene rings is 1. The first-order valence-corrected chi connectivity index (χ1v) is 5.59. The number of ketones is 1. The molecule has 0 fully saturated rings. The number of Topliss-reactive ketones (excluding diaryl/α,β-unsaturated/α-hetero) is 1. The number of hydrogen-bond donors (Lipinski definition) is 0. The van der Waals surface area contributed by atoms with Gasteiger partial charge in [0, 0.05) is 6.92 Å². The fourth-order valence-corrected chi connectivity index (χ4v) is 1.68. The number of fused-ring (bicyclic) bond motifs is 1. The van der Waals surface area contributed by atoms with Gasteiger partial charge in [-0.3, -0.25) is 4.79 Å². The van der Waals surface area contributed by atoms with Crippen LogP contribution in [0.3, 0.4) is 0 Å². The van der Waals surface area contributed by atoms with Crippen molar-refractivity contribution < 1.29 is 14.3 Å². The zero-order valence-electron chi connectivity index (χ0n) is 9.82. The second-order valence-electron chi connectivity index (χ2n) is 4.19. The summed E-state index contributed by atoms with van der Waals surface area (Å²) in [5.41, 5.74) is 1.22. The molecule has 1 heterocycles. The van der Waals surface area contributed by atoms with E-state index in [9.17, 15) is 4.79 Å². The maximum absolute atomic E-state index is 11.1. The summed E-state index contributed by atoms with van der Waals surface area (Å²) < 4.78 is 10.8. The lowest BCUT2D eigenvalue weighted by molar-refractivity contribution is -0.132. The molecule has 0 saturated heterocycles. The van der Waals surface area contributed by atoms with E-state index < -0.39 is 6.29 Å². The van der Waals surface area contributed by atoms with Gasteiger partial charge in [-0.05, 0) is 30.0 Å². The minimum absolute atomic E-state index is 0.110. The molecule has 1 aromatic carbocycles. The lowest BCUT2D eigenvalue weighted by Gasteiger charge is -2.08. The molecule has 1 aliphatic rings. The highest BCUT2D eigenvalue weighted by Crippen LogP contribution is 2.37. The molecule has 86 valence electrons. The summed E-state index contributed by atoms with van der Waals surface area (Å²) in [5.74, 6) is 1.72. The summed E-state index contributed by atoms with van der Waals surface area (Å²) in [6.45, 7) is 5.78. The van der Waals surface area contributed by atoms with Crippen LogP contribution in [-0.4, -0.2) is 12.1 Å². The van der Waals surface area contributed by atoms with Crippen LogP contribution in [0, 0.1) is 0 Å². The van der Waals surface area contributed by atoms with Crippen LogP contribution in [0.5, 0.6) is 11.5 Å². The summed E-state index contributed by atoms with van der Waals surface area (Å²) in [4.78, 5) is 11.1. The van der Waals surface area contributed by atoms with Crippen molar-refractivity contribution in [2.24, 2.45) is 0 Å². The molecule has 0 radical (unpaired) electrons. The molecule has 2 atom stereocenters. The average molecular weight is 220 g/mol. The van der Waals surface area contributed by atoms with E-state index in [1.165, 1.54) is 12.5 Å². The monoisotopic (exact) mass is 220 g/mol. The van der Waals surface area contributed by atoms with Gasteiger partial charge in [-0.1, -0.05) is 19.9 Å². The van der Waals surface area contributed by atoms with E-state index >= 15 is 0 Å². The van der Waals surface area contributed by atoms with Crippen LogP contribution in [0.2, 0.25) is 0 Å². The van der Waals surface area contributed by atoms with Crippen molar-refractivity contribution in [1.29, 1.82) is 0 Å². The molecule has 0 aliphatic carbocycles. The van der Waals surface area contributed by atoms with E-state index in [4.69, 9.17) is 9.47 Å². The fourth-order valence-electron chi connectivity index (χ4n) is 1.68. The molecule has 0 aromatic heterocycles. The van der Waals surface area contributed by atoms with Crippen LogP contribution in [0.15, 0.2) is 18.2 Å².